The van der Waals surface area contributed by atoms with Crippen molar-refractivity contribution in [3.05, 3.63) is 35.4 Å². The standard InChI is InChI=1S/C13H14F3NO/c14-13(15,16)18-12-3-1-10(2-4-12)9-11-5-7-17-8-6-11/h1-4,9,17H,5-8H2. The molecule has 5 heteroatoms. The summed E-state index contributed by atoms with van der Waals surface area (Å²) >= 11 is 0. The van der Waals surface area contributed by atoms with Gasteiger partial charge in [0.2, 0.25) is 0 Å². The van der Waals surface area contributed by atoms with Gasteiger partial charge in [0.05, 0.1) is 0 Å². The molecule has 0 saturated carbocycles. The number of rotatable bonds is 2. The summed E-state index contributed by atoms with van der Waals surface area (Å²) < 4.78 is 39.7. The van der Waals surface area contributed by atoms with E-state index in [1.54, 1.807) is 12.1 Å². The lowest BCUT2D eigenvalue weighted by Gasteiger charge is -2.15. The number of hydrogen-bond donors (Lipinski definition) is 1. The zero-order valence-corrected chi connectivity index (χ0v) is 9.76. The average molecular weight is 257 g/mol. The molecule has 2 nitrogen and oxygen atoms in total. The Morgan fingerprint density at radius 2 is 1.67 bits per heavy atom. The van der Waals surface area contributed by atoms with E-state index >= 15 is 0 Å². The number of piperidine rings is 1. The Balaban J connectivity index is 2.03. The Morgan fingerprint density at radius 1 is 1.06 bits per heavy atom. The van der Waals surface area contributed by atoms with Crippen LogP contribution >= 0.6 is 0 Å². The van der Waals surface area contributed by atoms with Crippen molar-refractivity contribution in [1.29, 1.82) is 0 Å². The van der Waals surface area contributed by atoms with E-state index in [1.807, 2.05) is 6.08 Å². The predicted octanol–water partition coefficient (Wildman–Crippen LogP) is 3.35. The highest BCUT2D eigenvalue weighted by atomic mass is 19.4. The molecule has 1 fully saturated rings. The maximum absolute atomic E-state index is 12.0. The Hall–Kier alpha value is -1.49. The van der Waals surface area contributed by atoms with Gasteiger partial charge in [-0.15, -0.1) is 13.2 Å². The van der Waals surface area contributed by atoms with Crippen LogP contribution in [0.5, 0.6) is 5.75 Å². The van der Waals surface area contributed by atoms with Crippen LogP contribution in [0.2, 0.25) is 0 Å². The second-order valence-corrected chi connectivity index (χ2v) is 4.17. The van der Waals surface area contributed by atoms with Crippen LogP contribution in [0.15, 0.2) is 29.8 Å². The van der Waals surface area contributed by atoms with Gasteiger partial charge in [-0.25, -0.2) is 0 Å². The fraction of sp³-hybridized carbons (Fsp3) is 0.385. The normalized spacial score (nSPS) is 16.5. The first-order valence-electron chi connectivity index (χ1n) is 5.79. The summed E-state index contributed by atoms with van der Waals surface area (Å²) in [5.74, 6) is -0.185. The van der Waals surface area contributed by atoms with E-state index in [4.69, 9.17) is 0 Å². The summed E-state index contributed by atoms with van der Waals surface area (Å²) in [6.07, 6.45) is -0.630. The molecule has 0 atom stereocenters. The van der Waals surface area contributed by atoms with Gasteiger partial charge in [0, 0.05) is 0 Å². The van der Waals surface area contributed by atoms with E-state index in [9.17, 15) is 13.2 Å². The minimum absolute atomic E-state index is 0.185. The molecular weight excluding hydrogens is 243 g/mol. The second-order valence-electron chi connectivity index (χ2n) is 4.17. The molecule has 2 rings (SSSR count). The van der Waals surface area contributed by atoms with Gasteiger partial charge in [-0.3, -0.25) is 0 Å². The molecule has 18 heavy (non-hydrogen) atoms. The Kier molecular flexibility index (Phi) is 3.91. The van der Waals surface area contributed by atoms with Crippen LogP contribution in [0.4, 0.5) is 13.2 Å². The van der Waals surface area contributed by atoms with Crippen molar-refractivity contribution in [3.8, 4) is 5.75 Å². The van der Waals surface area contributed by atoms with Crippen LogP contribution in [-0.4, -0.2) is 19.5 Å². The van der Waals surface area contributed by atoms with Crippen LogP contribution in [0.25, 0.3) is 6.08 Å². The molecule has 1 heterocycles. The predicted molar refractivity (Wildman–Crippen MR) is 63.2 cm³/mol. The zero-order chi connectivity index (χ0) is 13.0. The van der Waals surface area contributed by atoms with E-state index in [0.29, 0.717) is 0 Å². The monoisotopic (exact) mass is 257 g/mol. The molecule has 1 N–H and O–H groups in total. The third-order valence-corrected chi connectivity index (χ3v) is 2.73. The first-order chi connectivity index (χ1) is 8.53. The van der Waals surface area contributed by atoms with E-state index in [1.165, 1.54) is 17.7 Å². The van der Waals surface area contributed by atoms with E-state index in [0.717, 1.165) is 31.5 Å². The van der Waals surface area contributed by atoms with E-state index in [2.05, 4.69) is 10.1 Å². The zero-order valence-electron chi connectivity index (χ0n) is 9.76. The van der Waals surface area contributed by atoms with Crippen molar-refractivity contribution in [2.45, 2.75) is 19.2 Å². The van der Waals surface area contributed by atoms with Crippen molar-refractivity contribution in [1.82, 2.24) is 5.32 Å². The smallest absolute Gasteiger partial charge is 0.406 e. The minimum Gasteiger partial charge on any atom is -0.406 e. The fourth-order valence-corrected chi connectivity index (χ4v) is 1.89. The fourth-order valence-electron chi connectivity index (χ4n) is 1.89. The third-order valence-electron chi connectivity index (χ3n) is 2.73. The maximum atomic E-state index is 12.0. The molecule has 0 aromatic heterocycles. The van der Waals surface area contributed by atoms with Crippen molar-refractivity contribution >= 4 is 6.08 Å². The van der Waals surface area contributed by atoms with Gasteiger partial charge in [-0.1, -0.05) is 23.8 Å². The highest BCUT2D eigenvalue weighted by Gasteiger charge is 2.30. The molecule has 0 amide bonds. The van der Waals surface area contributed by atoms with Gasteiger partial charge in [0.1, 0.15) is 5.75 Å². The molecule has 1 aromatic rings. The van der Waals surface area contributed by atoms with Crippen LogP contribution in [0.3, 0.4) is 0 Å². The number of alkyl halides is 3. The summed E-state index contributed by atoms with van der Waals surface area (Å²) in [5, 5.41) is 3.25. The molecule has 0 bridgehead atoms. The number of nitrogens with one attached hydrogen (secondary N) is 1. The summed E-state index contributed by atoms with van der Waals surface area (Å²) in [5.41, 5.74) is 2.22. The summed E-state index contributed by atoms with van der Waals surface area (Å²) in [4.78, 5) is 0. The Labute approximate surface area is 103 Å². The van der Waals surface area contributed by atoms with Crippen LogP contribution in [0, 0.1) is 0 Å². The van der Waals surface area contributed by atoms with Gasteiger partial charge in [-0.05, 0) is 43.6 Å². The molecule has 0 unspecified atom stereocenters. The largest absolute Gasteiger partial charge is 0.573 e. The molecule has 0 spiro atoms. The van der Waals surface area contributed by atoms with Gasteiger partial charge in [0.15, 0.2) is 0 Å². The number of hydrogen-bond acceptors (Lipinski definition) is 2. The van der Waals surface area contributed by atoms with Crippen LogP contribution < -0.4 is 10.1 Å². The van der Waals surface area contributed by atoms with Gasteiger partial charge in [-0.2, -0.15) is 0 Å². The Bertz CT molecular complexity index is 415. The highest BCUT2D eigenvalue weighted by Crippen LogP contribution is 2.24. The van der Waals surface area contributed by atoms with Crippen molar-refractivity contribution in [3.63, 3.8) is 0 Å². The summed E-state index contributed by atoms with van der Waals surface area (Å²) in [6.45, 7) is 1.92. The van der Waals surface area contributed by atoms with Gasteiger partial charge in [0.25, 0.3) is 0 Å². The second kappa shape index (κ2) is 5.44. The molecule has 0 aliphatic carbocycles. The lowest BCUT2D eigenvalue weighted by Crippen LogP contribution is -2.22. The van der Waals surface area contributed by atoms with E-state index < -0.39 is 6.36 Å². The lowest BCUT2D eigenvalue weighted by atomic mass is 10.0. The van der Waals surface area contributed by atoms with Gasteiger partial charge < -0.3 is 10.1 Å². The average Bonchev–Trinajstić information content (AvgIpc) is 2.31. The Morgan fingerprint density at radius 3 is 2.22 bits per heavy atom. The first kappa shape index (κ1) is 13.0. The van der Waals surface area contributed by atoms with Crippen LogP contribution in [-0.2, 0) is 0 Å². The molecular formula is C13H14F3NO. The summed E-state index contributed by atoms with van der Waals surface area (Å²) in [7, 11) is 0. The lowest BCUT2D eigenvalue weighted by molar-refractivity contribution is -0.274. The number of benzene rings is 1. The molecule has 1 aliphatic rings. The van der Waals surface area contributed by atoms with Gasteiger partial charge >= 0.3 is 6.36 Å². The minimum atomic E-state index is -4.63. The molecule has 1 aromatic carbocycles. The van der Waals surface area contributed by atoms with E-state index in [-0.39, 0.29) is 5.75 Å². The quantitative estimate of drug-likeness (QED) is 0.877. The topological polar surface area (TPSA) is 21.3 Å². The van der Waals surface area contributed by atoms with Crippen LogP contribution in [0.1, 0.15) is 18.4 Å². The molecule has 1 aliphatic heterocycles. The SMILES string of the molecule is FC(F)(F)Oc1ccc(C=C2CCNCC2)cc1. The third kappa shape index (κ3) is 4.07. The number of ether oxygens (including phenoxy) is 1. The molecule has 1 saturated heterocycles. The molecule has 0 radical (unpaired) electrons. The summed E-state index contributed by atoms with van der Waals surface area (Å²) in [6, 6.07) is 5.94. The van der Waals surface area contributed by atoms with Crippen molar-refractivity contribution in [2.24, 2.45) is 0 Å². The highest BCUT2D eigenvalue weighted by molar-refractivity contribution is 5.54. The van der Waals surface area contributed by atoms with Crippen molar-refractivity contribution in [2.75, 3.05) is 13.1 Å². The number of halogens is 3. The first-order valence-corrected chi connectivity index (χ1v) is 5.79. The maximum Gasteiger partial charge on any atom is 0.573 e. The molecule has 98 valence electrons. The van der Waals surface area contributed by atoms with Crippen molar-refractivity contribution < 1.29 is 17.9 Å².